The lowest BCUT2D eigenvalue weighted by atomic mass is 10.1. The maximum Gasteiger partial charge on any atom is 0.243 e. The molecule has 2 rings (SSSR count). The molecule has 0 bridgehead atoms. The zero-order chi connectivity index (χ0) is 13.3. The molecule has 100 valence electrons. The van der Waals surface area contributed by atoms with Crippen LogP contribution in [0.4, 0.5) is 5.69 Å². The zero-order valence-electron chi connectivity index (χ0n) is 10.9. The van der Waals surface area contributed by atoms with Crippen molar-refractivity contribution in [1.82, 2.24) is 4.31 Å². The lowest BCUT2D eigenvalue weighted by Crippen LogP contribution is -2.34. The number of hydrogen-bond acceptors (Lipinski definition) is 3. The third-order valence-corrected chi connectivity index (χ3v) is 5.65. The summed E-state index contributed by atoms with van der Waals surface area (Å²) in [6, 6.07) is 5.23. The van der Waals surface area contributed by atoms with E-state index in [1.807, 2.05) is 19.9 Å². The first-order valence-corrected chi connectivity index (χ1v) is 7.81. The highest BCUT2D eigenvalue weighted by atomic mass is 32.2. The number of aryl methyl sites for hydroxylation is 1. The van der Waals surface area contributed by atoms with Crippen LogP contribution in [0.15, 0.2) is 23.1 Å². The van der Waals surface area contributed by atoms with Crippen molar-refractivity contribution in [3.8, 4) is 0 Å². The molecule has 1 unspecified atom stereocenters. The van der Waals surface area contributed by atoms with Gasteiger partial charge in [0.05, 0.1) is 4.90 Å². The van der Waals surface area contributed by atoms with E-state index < -0.39 is 10.0 Å². The molecule has 1 heterocycles. The maximum atomic E-state index is 12.6. The Labute approximate surface area is 109 Å². The molecule has 0 saturated carbocycles. The van der Waals surface area contributed by atoms with E-state index in [2.05, 4.69) is 0 Å². The number of nitrogens with zero attached hydrogens (tertiary/aromatic N) is 1. The SMILES string of the molecule is CCc1ccc(N)cc1S(=O)(=O)N1CCCC1C. The quantitative estimate of drug-likeness (QED) is 0.853. The average Bonchev–Trinajstić information content (AvgIpc) is 2.76. The number of sulfonamides is 1. The summed E-state index contributed by atoms with van der Waals surface area (Å²) in [7, 11) is -3.40. The van der Waals surface area contributed by atoms with Gasteiger partial charge >= 0.3 is 0 Å². The molecule has 1 aromatic rings. The van der Waals surface area contributed by atoms with Crippen molar-refractivity contribution < 1.29 is 8.42 Å². The molecule has 0 amide bonds. The van der Waals surface area contributed by atoms with Crippen LogP contribution < -0.4 is 5.73 Å². The van der Waals surface area contributed by atoms with Gasteiger partial charge in [0.25, 0.3) is 0 Å². The van der Waals surface area contributed by atoms with Gasteiger partial charge in [-0.1, -0.05) is 13.0 Å². The first-order valence-electron chi connectivity index (χ1n) is 6.37. The first-order chi connectivity index (χ1) is 8.46. The molecule has 1 saturated heterocycles. The average molecular weight is 268 g/mol. The van der Waals surface area contributed by atoms with Gasteiger partial charge in [-0.2, -0.15) is 4.31 Å². The van der Waals surface area contributed by atoms with Crippen LogP contribution in [0.2, 0.25) is 0 Å². The minimum Gasteiger partial charge on any atom is -0.399 e. The van der Waals surface area contributed by atoms with E-state index >= 15 is 0 Å². The Kier molecular flexibility index (Phi) is 3.64. The van der Waals surface area contributed by atoms with Crippen LogP contribution in [-0.2, 0) is 16.4 Å². The number of rotatable bonds is 3. The van der Waals surface area contributed by atoms with Crippen LogP contribution in [0.25, 0.3) is 0 Å². The normalized spacial score (nSPS) is 21.3. The van der Waals surface area contributed by atoms with Gasteiger partial charge in [-0.15, -0.1) is 0 Å². The third-order valence-electron chi connectivity index (χ3n) is 3.55. The van der Waals surface area contributed by atoms with Crippen LogP contribution in [0.5, 0.6) is 0 Å². The molecule has 4 nitrogen and oxygen atoms in total. The molecule has 1 atom stereocenters. The van der Waals surface area contributed by atoms with Gasteiger partial charge in [0.15, 0.2) is 0 Å². The number of nitrogen functional groups attached to an aromatic ring is 1. The standard InChI is InChI=1S/C13H20N2O2S/c1-3-11-6-7-12(14)9-13(11)18(16,17)15-8-4-5-10(15)2/h6-7,9-10H,3-5,8,14H2,1-2H3. The molecule has 1 aliphatic rings. The predicted molar refractivity (Wildman–Crippen MR) is 72.8 cm³/mol. The summed E-state index contributed by atoms with van der Waals surface area (Å²) in [5, 5.41) is 0. The van der Waals surface area contributed by atoms with Crippen molar-refractivity contribution in [1.29, 1.82) is 0 Å². The van der Waals surface area contributed by atoms with Gasteiger partial charge in [-0.3, -0.25) is 0 Å². The molecule has 1 aromatic carbocycles. The van der Waals surface area contributed by atoms with Crippen molar-refractivity contribution in [2.45, 2.75) is 44.0 Å². The largest absolute Gasteiger partial charge is 0.399 e. The smallest absolute Gasteiger partial charge is 0.243 e. The van der Waals surface area contributed by atoms with Crippen molar-refractivity contribution in [2.24, 2.45) is 0 Å². The predicted octanol–water partition coefficient (Wildman–Crippen LogP) is 2.00. The maximum absolute atomic E-state index is 12.6. The Morgan fingerprint density at radius 2 is 2.17 bits per heavy atom. The molecular formula is C13H20N2O2S. The van der Waals surface area contributed by atoms with Crippen molar-refractivity contribution in [2.75, 3.05) is 12.3 Å². The van der Waals surface area contributed by atoms with Crippen LogP contribution in [0, 0.1) is 0 Å². The monoisotopic (exact) mass is 268 g/mol. The van der Waals surface area contributed by atoms with Crippen LogP contribution >= 0.6 is 0 Å². The summed E-state index contributed by atoms with van der Waals surface area (Å²) in [6.07, 6.45) is 2.56. The lowest BCUT2D eigenvalue weighted by molar-refractivity contribution is 0.408. The summed E-state index contributed by atoms with van der Waals surface area (Å²) in [6.45, 7) is 4.53. The Balaban J connectivity index is 2.49. The minimum atomic E-state index is -3.40. The second-order valence-electron chi connectivity index (χ2n) is 4.83. The lowest BCUT2D eigenvalue weighted by Gasteiger charge is -2.22. The first kappa shape index (κ1) is 13.4. The molecule has 5 heteroatoms. The van der Waals surface area contributed by atoms with Crippen LogP contribution in [0.1, 0.15) is 32.3 Å². The molecule has 0 spiro atoms. The summed E-state index contributed by atoms with van der Waals surface area (Å²) in [4.78, 5) is 0.374. The molecule has 0 aliphatic carbocycles. The van der Waals surface area contributed by atoms with Gasteiger partial charge in [0, 0.05) is 18.3 Å². The fourth-order valence-corrected chi connectivity index (χ4v) is 4.52. The number of anilines is 1. The Bertz CT molecular complexity index is 540. The highest BCUT2D eigenvalue weighted by Gasteiger charge is 2.33. The van der Waals surface area contributed by atoms with Gasteiger partial charge in [-0.05, 0) is 43.9 Å². The van der Waals surface area contributed by atoms with E-state index in [1.54, 1.807) is 16.4 Å². The van der Waals surface area contributed by atoms with Crippen molar-refractivity contribution in [3.63, 3.8) is 0 Å². The van der Waals surface area contributed by atoms with E-state index in [-0.39, 0.29) is 6.04 Å². The Morgan fingerprint density at radius 3 is 2.72 bits per heavy atom. The van der Waals surface area contributed by atoms with E-state index in [0.29, 0.717) is 23.5 Å². The highest BCUT2D eigenvalue weighted by Crippen LogP contribution is 2.29. The number of hydrogen-bond donors (Lipinski definition) is 1. The summed E-state index contributed by atoms with van der Waals surface area (Å²) < 4.78 is 26.9. The van der Waals surface area contributed by atoms with E-state index in [9.17, 15) is 8.42 Å². The second kappa shape index (κ2) is 4.90. The molecule has 2 N–H and O–H groups in total. The number of benzene rings is 1. The summed E-state index contributed by atoms with van der Waals surface area (Å²) in [5.74, 6) is 0. The third kappa shape index (κ3) is 2.24. The summed E-state index contributed by atoms with van der Waals surface area (Å²) in [5.41, 5.74) is 7.06. The molecular weight excluding hydrogens is 248 g/mol. The van der Waals surface area contributed by atoms with E-state index in [4.69, 9.17) is 5.73 Å². The van der Waals surface area contributed by atoms with Gasteiger partial charge in [0.2, 0.25) is 10.0 Å². The van der Waals surface area contributed by atoms with Crippen molar-refractivity contribution >= 4 is 15.7 Å². The number of nitrogens with two attached hydrogens (primary N) is 1. The Hall–Kier alpha value is -1.07. The minimum absolute atomic E-state index is 0.0844. The molecule has 0 aromatic heterocycles. The van der Waals surface area contributed by atoms with E-state index in [0.717, 1.165) is 18.4 Å². The zero-order valence-corrected chi connectivity index (χ0v) is 11.7. The Morgan fingerprint density at radius 1 is 1.44 bits per heavy atom. The van der Waals surface area contributed by atoms with Crippen LogP contribution in [-0.4, -0.2) is 25.3 Å². The molecule has 0 radical (unpaired) electrons. The highest BCUT2D eigenvalue weighted by molar-refractivity contribution is 7.89. The van der Waals surface area contributed by atoms with Gasteiger partial charge in [-0.25, -0.2) is 8.42 Å². The molecule has 1 fully saturated rings. The fourth-order valence-electron chi connectivity index (χ4n) is 2.49. The van der Waals surface area contributed by atoms with Crippen LogP contribution in [0.3, 0.4) is 0 Å². The molecule has 1 aliphatic heterocycles. The van der Waals surface area contributed by atoms with Gasteiger partial charge < -0.3 is 5.73 Å². The van der Waals surface area contributed by atoms with Gasteiger partial charge in [0.1, 0.15) is 0 Å². The van der Waals surface area contributed by atoms with E-state index in [1.165, 1.54) is 0 Å². The van der Waals surface area contributed by atoms with Crippen molar-refractivity contribution in [3.05, 3.63) is 23.8 Å². The molecule has 18 heavy (non-hydrogen) atoms. The fraction of sp³-hybridized carbons (Fsp3) is 0.538. The topological polar surface area (TPSA) is 63.4 Å². The summed E-state index contributed by atoms with van der Waals surface area (Å²) >= 11 is 0. The second-order valence-corrected chi connectivity index (χ2v) is 6.69.